The Morgan fingerprint density at radius 3 is 2.53 bits per heavy atom. The number of hydrogen-bond donors (Lipinski definition) is 0. The lowest BCUT2D eigenvalue weighted by Gasteiger charge is -2.11. The Bertz CT molecular complexity index is 1160. The number of hydrogen-bond acceptors (Lipinski definition) is 7. The van der Waals surface area contributed by atoms with E-state index in [4.69, 9.17) is 4.74 Å². The zero-order chi connectivity index (χ0) is 20.9. The summed E-state index contributed by atoms with van der Waals surface area (Å²) in [4.78, 5) is 14.7. The Morgan fingerprint density at radius 2 is 1.83 bits per heavy atom. The number of non-ortho nitro benzene ring substituents is 1. The van der Waals surface area contributed by atoms with E-state index in [-0.39, 0.29) is 5.69 Å². The highest BCUT2D eigenvalue weighted by molar-refractivity contribution is 7.98. The number of nitro groups is 1. The number of nitro benzene ring substituents is 1. The van der Waals surface area contributed by atoms with E-state index in [9.17, 15) is 10.1 Å². The summed E-state index contributed by atoms with van der Waals surface area (Å²) in [6.45, 7) is 0. The largest absolute Gasteiger partial charge is 0.497 e. The summed E-state index contributed by atoms with van der Waals surface area (Å²) in [6.07, 6.45) is 3.41. The van der Waals surface area contributed by atoms with Crippen LogP contribution < -0.4 is 4.74 Å². The molecule has 0 aliphatic heterocycles. The van der Waals surface area contributed by atoms with Crippen LogP contribution >= 0.6 is 11.8 Å². The molecule has 0 bridgehead atoms. The van der Waals surface area contributed by atoms with Crippen LogP contribution in [0.2, 0.25) is 0 Å². The van der Waals surface area contributed by atoms with Gasteiger partial charge in [-0.1, -0.05) is 23.9 Å². The van der Waals surface area contributed by atoms with Crippen LogP contribution in [0.5, 0.6) is 5.75 Å². The predicted octanol–water partition coefficient (Wildman–Crippen LogP) is 4.54. The second-order valence-corrected chi connectivity index (χ2v) is 7.23. The zero-order valence-corrected chi connectivity index (χ0v) is 16.8. The number of thioether (sulfide) groups is 1. The Hall–Kier alpha value is -3.72. The molecule has 9 heteroatoms. The van der Waals surface area contributed by atoms with Gasteiger partial charge in [0.05, 0.1) is 12.0 Å². The fourth-order valence-corrected chi connectivity index (χ4v) is 3.82. The summed E-state index contributed by atoms with van der Waals surface area (Å²) in [5.41, 5.74) is 2.68. The van der Waals surface area contributed by atoms with Crippen molar-refractivity contribution in [1.82, 2.24) is 19.7 Å². The zero-order valence-electron chi connectivity index (χ0n) is 16.0. The molecule has 0 spiro atoms. The summed E-state index contributed by atoms with van der Waals surface area (Å²) in [6, 6.07) is 18.0. The molecule has 0 saturated carbocycles. The average Bonchev–Trinajstić information content (AvgIpc) is 3.22. The van der Waals surface area contributed by atoms with Gasteiger partial charge in [0.15, 0.2) is 11.0 Å². The van der Waals surface area contributed by atoms with Gasteiger partial charge >= 0.3 is 0 Å². The van der Waals surface area contributed by atoms with Crippen molar-refractivity contribution in [1.29, 1.82) is 0 Å². The van der Waals surface area contributed by atoms with Gasteiger partial charge in [-0.2, -0.15) is 0 Å². The first-order valence-corrected chi connectivity index (χ1v) is 10.0. The summed E-state index contributed by atoms with van der Waals surface area (Å²) >= 11 is 1.46. The molecule has 0 unspecified atom stereocenters. The molecule has 0 radical (unpaired) electrons. The van der Waals surface area contributed by atoms with Crippen molar-refractivity contribution in [2.24, 2.45) is 0 Å². The topological polar surface area (TPSA) is 96.0 Å². The maximum atomic E-state index is 11.0. The van der Waals surface area contributed by atoms with Crippen molar-refractivity contribution in [3.63, 3.8) is 0 Å². The van der Waals surface area contributed by atoms with Crippen LogP contribution in [-0.2, 0) is 5.75 Å². The van der Waals surface area contributed by atoms with Crippen molar-refractivity contribution >= 4 is 17.4 Å². The molecule has 2 heterocycles. The summed E-state index contributed by atoms with van der Waals surface area (Å²) in [7, 11) is 1.62. The van der Waals surface area contributed by atoms with E-state index >= 15 is 0 Å². The van der Waals surface area contributed by atoms with Crippen molar-refractivity contribution in [3.05, 3.63) is 88.7 Å². The molecule has 0 atom stereocenters. The third kappa shape index (κ3) is 4.15. The fraction of sp³-hybridized carbons (Fsp3) is 0.0952. The van der Waals surface area contributed by atoms with E-state index in [1.165, 1.54) is 17.8 Å². The molecule has 4 aromatic rings. The second-order valence-electron chi connectivity index (χ2n) is 6.29. The number of pyridine rings is 1. The number of nitrogens with zero attached hydrogens (tertiary/aromatic N) is 5. The van der Waals surface area contributed by atoms with Gasteiger partial charge in [-0.25, -0.2) is 0 Å². The summed E-state index contributed by atoms with van der Waals surface area (Å²) in [5.74, 6) is 1.96. The third-order valence-corrected chi connectivity index (χ3v) is 5.39. The Balaban J connectivity index is 1.70. The standard InChI is InChI=1S/C21H17N5O3S/c1-29-19-7-5-17(6-8-19)25-20(16-9-11-22-12-10-16)23-24-21(25)30-14-15-3-2-4-18(13-15)26(27)28/h2-13H,14H2,1H3. The fourth-order valence-electron chi connectivity index (χ4n) is 2.92. The first kappa shape index (κ1) is 19.6. The van der Waals surface area contributed by atoms with E-state index < -0.39 is 4.92 Å². The number of methoxy groups -OCH3 is 1. The molecule has 0 aliphatic carbocycles. The Kier molecular flexibility index (Phi) is 5.71. The third-order valence-electron chi connectivity index (χ3n) is 4.39. The maximum absolute atomic E-state index is 11.0. The lowest BCUT2D eigenvalue weighted by molar-refractivity contribution is -0.384. The quantitative estimate of drug-likeness (QED) is 0.246. The smallest absolute Gasteiger partial charge is 0.269 e. The van der Waals surface area contributed by atoms with Gasteiger partial charge in [0.25, 0.3) is 5.69 Å². The first-order chi connectivity index (χ1) is 14.7. The molecule has 8 nitrogen and oxygen atoms in total. The summed E-state index contributed by atoms with van der Waals surface area (Å²) < 4.78 is 7.21. The minimum absolute atomic E-state index is 0.0715. The Morgan fingerprint density at radius 1 is 1.07 bits per heavy atom. The molecular formula is C21H17N5O3S. The number of rotatable bonds is 7. The average molecular weight is 419 g/mol. The van der Waals surface area contributed by atoms with E-state index in [0.29, 0.717) is 16.7 Å². The molecule has 0 aliphatic rings. The second kappa shape index (κ2) is 8.75. The number of aromatic nitrogens is 4. The number of benzene rings is 2. The summed E-state index contributed by atoms with van der Waals surface area (Å²) in [5, 5.41) is 20.5. The lowest BCUT2D eigenvalue weighted by Crippen LogP contribution is -2.00. The number of ether oxygens (including phenoxy) is 1. The van der Waals surface area contributed by atoms with Crippen molar-refractivity contribution < 1.29 is 9.66 Å². The van der Waals surface area contributed by atoms with Gasteiger partial charge in [0.1, 0.15) is 5.75 Å². The molecule has 0 amide bonds. The normalized spacial score (nSPS) is 10.7. The molecule has 4 rings (SSSR count). The highest BCUT2D eigenvalue weighted by atomic mass is 32.2. The van der Waals surface area contributed by atoms with Crippen molar-refractivity contribution in [3.8, 4) is 22.8 Å². The lowest BCUT2D eigenvalue weighted by atomic mass is 10.2. The highest BCUT2D eigenvalue weighted by Gasteiger charge is 2.17. The molecule has 30 heavy (non-hydrogen) atoms. The molecule has 150 valence electrons. The van der Waals surface area contributed by atoms with Crippen molar-refractivity contribution in [2.45, 2.75) is 10.9 Å². The van der Waals surface area contributed by atoms with E-state index in [1.54, 1.807) is 31.6 Å². The van der Waals surface area contributed by atoms with Crippen LogP contribution in [-0.4, -0.2) is 31.8 Å². The molecule has 0 saturated heterocycles. The molecule has 2 aromatic carbocycles. The van der Waals surface area contributed by atoms with E-state index in [1.807, 2.05) is 47.0 Å². The van der Waals surface area contributed by atoms with Crippen LogP contribution in [0, 0.1) is 10.1 Å². The minimum atomic E-state index is -0.393. The Labute approximate surface area is 176 Å². The van der Waals surface area contributed by atoms with Crippen molar-refractivity contribution in [2.75, 3.05) is 7.11 Å². The van der Waals surface area contributed by atoms with Gasteiger partial charge in [0, 0.05) is 41.5 Å². The maximum Gasteiger partial charge on any atom is 0.269 e. The van der Waals surface area contributed by atoms with Gasteiger partial charge in [0.2, 0.25) is 0 Å². The predicted molar refractivity (Wildman–Crippen MR) is 114 cm³/mol. The van der Waals surface area contributed by atoms with Gasteiger partial charge < -0.3 is 4.74 Å². The van der Waals surface area contributed by atoms with Crippen LogP contribution in [0.4, 0.5) is 5.69 Å². The monoisotopic (exact) mass is 419 g/mol. The highest BCUT2D eigenvalue weighted by Crippen LogP contribution is 2.30. The molecular weight excluding hydrogens is 402 g/mol. The molecule has 0 fully saturated rings. The van der Waals surface area contributed by atoms with Crippen LogP contribution in [0.3, 0.4) is 0 Å². The van der Waals surface area contributed by atoms with E-state index in [2.05, 4.69) is 15.2 Å². The minimum Gasteiger partial charge on any atom is -0.497 e. The SMILES string of the molecule is COc1ccc(-n2c(SCc3cccc([N+](=O)[O-])c3)nnc2-c2ccncc2)cc1. The van der Waals surface area contributed by atoms with Crippen LogP contribution in [0.25, 0.3) is 17.1 Å². The van der Waals surface area contributed by atoms with Gasteiger partial charge in [-0.15, -0.1) is 10.2 Å². The van der Waals surface area contributed by atoms with Crippen LogP contribution in [0.1, 0.15) is 5.56 Å². The first-order valence-electron chi connectivity index (χ1n) is 9.02. The van der Waals surface area contributed by atoms with E-state index in [0.717, 1.165) is 22.6 Å². The van der Waals surface area contributed by atoms with Crippen LogP contribution in [0.15, 0.2) is 78.2 Å². The molecule has 0 N–H and O–H groups in total. The molecule has 2 aromatic heterocycles. The van der Waals surface area contributed by atoms with Gasteiger partial charge in [-0.3, -0.25) is 19.7 Å². The van der Waals surface area contributed by atoms with Gasteiger partial charge in [-0.05, 0) is 42.0 Å².